The summed E-state index contributed by atoms with van der Waals surface area (Å²) in [5.74, 6) is 0.444. The number of aryl methyl sites for hydroxylation is 2. The van der Waals surface area contributed by atoms with Crippen molar-refractivity contribution < 1.29 is 9.53 Å². The third kappa shape index (κ3) is 2.60. The molecule has 1 fully saturated rings. The van der Waals surface area contributed by atoms with Crippen LogP contribution in [0.3, 0.4) is 0 Å². The zero-order chi connectivity index (χ0) is 13.1. The number of anilines is 1. The second-order valence-corrected chi connectivity index (χ2v) is 4.68. The van der Waals surface area contributed by atoms with Gasteiger partial charge in [-0.25, -0.2) is 14.8 Å². The van der Waals surface area contributed by atoms with Crippen LogP contribution in [0, 0.1) is 13.8 Å². The molecule has 0 N–H and O–H groups in total. The van der Waals surface area contributed by atoms with Crippen LogP contribution in [0.25, 0.3) is 0 Å². The van der Waals surface area contributed by atoms with Gasteiger partial charge in [-0.05, 0) is 39.2 Å². The summed E-state index contributed by atoms with van der Waals surface area (Å²) in [5, 5.41) is 0. The molecule has 1 aliphatic rings. The molecule has 1 aliphatic heterocycles. The Kier molecular flexibility index (Phi) is 3.79. The largest absolute Gasteiger partial charge is 0.467 e. The van der Waals surface area contributed by atoms with Gasteiger partial charge in [0.05, 0.1) is 7.11 Å². The molecule has 0 saturated carbocycles. The fourth-order valence-electron chi connectivity index (χ4n) is 2.39. The maximum atomic E-state index is 11.8. The number of piperidine rings is 1. The number of aromatic nitrogens is 2. The van der Waals surface area contributed by atoms with Gasteiger partial charge >= 0.3 is 5.97 Å². The quantitative estimate of drug-likeness (QED) is 0.746. The normalized spacial score (nSPS) is 19.7. The predicted molar refractivity (Wildman–Crippen MR) is 68.5 cm³/mol. The Morgan fingerprint density at radius 1 is 1.33 bits per heavy atom. The summed E-state index contributed by atoms with van der Waals surface area (Å²) in [7, 11) is 1.43. The SMILES string of the molecule is COC(=O)C1CCCCN1c1nc(C)cc(C)n1. The molecular weight excluding hydrogens is 230 g/mol. The lowest BCUT2D eigenvalue weighted by Gasteiger charge is -2.33. The van der Waals surface area contributed by atoms with Crippen LogP contribution in [0.1, 0.15) is 30.7 Å². The highest BCUT2D eigenvalue weighted by molar-refractivity contribution is 5.79. The van der Waals surface area contributed by atoms with Crippen molar-refractivity contribution >= 4 is 11.9 Å². The molecular formula is C13H19N3O2. The van der Waals surface area contributed by atoms with E-state index in [-0.39, 0.29) is 12.0 Å². The third-order valence-electron chi connectivity index (χ3n) is 3.20. The van der Waals surface area contributed by atoms with E-state index in [1.165, 1.54) is 7.11 Å². The minimum absolute atomic E-state index is 0.197. The van der Waals surface area contributed by atoms with E-state index in [1.54, 1.807) is 0 Å². The molecule has 1 saturated heterocycles. The highest BCUT2D eigenvalue weighted by Crippen LogP contribution is 2.23. The zero-order valence-electron chi connectivity index (χ0n) is 11.1. The number of carbonyl (C=O) groups excluding carboxylic acids is 1. The lowest BCUT2D eigenvalue weighted by molar-refractivity contribution is -0.142. The topological polar surface area (TPSA) is 55.3 Å². The van der Waals surface area contributed by atoms with Crippen molar-refractivity contribution in [1.29, 1.82) is 0 Å². The van der Waals surface area contributed by atoms with E-state index in [9.17, 15) is 4.79 Å². The van der Waals surface area contributed by atoms with Gasteiger partial charge in [-0.3, -0.25) is 0 Å². The number of carbonyl (C=O) groups is 1. The Morgan fingerprint density at radius 3 is 2.61 bits per heavy atom. The average Bonchev–Trinajstić information content (AvgIpc) is 2.36. The molecule has 1 aromatic heterocycles. The van der Waals surface area contributed by atoms with Crippen LogP contribution in [-0.4, -0.2) is 35.6 Å². The van der Waals surface area contributed by atoms with Gasteiger partial charge in [-0.2, -0.15) is 0 Å². The highest BCUT2D eigenvalue weighted by atomic mass is 16.5. The fraction of sp³-hybridized carbons (Fsp3) is 0.615. The number of ether oxygens (including phenoxy) is 1. The van der Waals surface area contributed by atoms with Gasteiger partial charge in [-0.15, -0.1) is 0 Å². The standard InChI is InChI=1S/C13H19N3O2/c1-9-8-10(2)15-13(14-9)16-7-5-4-6-11(16)12(17)18-3/h8,11H,4-7H2,1-3H3. The first-order valence-electron chi connectivity index (χ1n) is 6.28. The number of nitrogens with zero attached hydrogens (tertiary/aromatic N) is 3. The lowest BCUT2D eigenvalue weighted by atomic mass is 10.0. The van der Waals surface area contributed by atoms with Crippen molar-refractivity contribution in [1.82, 2.24) is 9.97 Å². The van der Waals surface area contributed by atoms with Crippen molar-refractivity contribution in [2.24, 2.45) is 0 Å². The average molecular weight is 249 g/mol. The summed E-state index contributed by atoms with van der Waals surface area (Å²) in [4.78, 5) is 22.6. The van der Waals surface area contributed by atoms with Gasteiger partial charge in [0.2, 0.25) is 5.95 Å². The molecule has 1 aromatic rings. The monoisotopic (exact) mass is 249 g/mol. The van der Waals surface area contributed by atoms with Gasteiger partial charge in [0.25, 0.3) is 0 Å². The van der Waals surface area contributed by atoms with Gasteiger partial charge in [0.1, 0.15) is 6.04 Å². The van der Waals surface area contributed by atoms with Crippen LogP contribution < -0.4 is 4.90 Å². The molecule has 0 aromatic carbocycles. The van der Waals surface area contributed by atoms with Crippen LogP contribution in [0.15, 0.2) is 6.07 Å². The van der Waals surface area contributed by atoms with E-state index in [4.69, 9.17) is 4.74 Å². The van der Waals surface area contributed by atoms with E-state index in [0.29, 0.717) is 5.95 Å². The lowest BCUT2D eigenvalue weighted by Crippen LogP contribution is -2.46. The summed E-state index contributed by atoms with van der Waals surface area (Å²) >= 11 is 0. The van der Waals surface area contributed by atoms with Crippen LogP contribution in [0.4, 0.5) is 5.95 Å². The Bertz CT molecular complexity index is 428. The van der Waals surface area contributed by atoms with Gasteiger partial charge in [-0.1, -0.05) is 0 Å². The molecule has 5 heteroatoms. The van der Waals surface area contributed by atoms with Crippen LogP contribution >= 0.6 is 0 Å². The Hall–Kier alpha value is -1.65. The van der Waals surface area contributed by atoms with E-state index in [0.717, 1.165) is 37.2 Å². The molecule has 2 heterocycles. The van der Waals surface area contributed by atoms with Gasteiger partial charge in [0, 0.05) is 17.9 Å². The highest BCUT2D eigenvalue weighted by Gasteiger charge is 2.31. The number of esters is 1. The van der Waals surface area contributed by atoms with Crippen LogP contribution in [0.2, 0.25) is 0 Å². The van der Waals surface area contributed by atoms with E-state index < -0.39 is 0 Å². The fourth-order valence-corrected chi connectivity index (χ4v) is 2.39. The number of methoxy groups -OCH3 is 1. The first kappa shape index (κ1) is 12.8. The zero-order valence-corrected chi connectivity index (χ0v) is 11.1. The van der Waals surface area contributed by atoms with Crippen molar-refractivity contribution in [2.45, 2.75) is 39.2 Å². The number of rotatable bonds is 2. The summed E-state index contributed by atoms with van der Waals surface area (Å²) in [5.41, 5.74) is 1.85. The van der Waals surface area contributed by atoms with Crippen LogP contribution in [0.5, 0.6) is 0 Å². The maximum absolute atomic E-state index is 11.8. The molecule has 5 nitrogen and oxygen atoms in total. The molecule has 1 atom stereocenters. The number of hydrogen-bond donors (Lipinski definition) is 0. The van der Waals surface area contributed by atoms with Crippen molar-refractivity contribution in [2.75, 3.05) is 18.6 Å². The van der Waals surface area contributed by atoms with Gasteiger partial charge < -0.3 is 9.64 Å². The first-order valence-corrected chi connectivity index (χ1v) is 6.28. The Labute approximate surface area is 107 Å². The molecule has 0 amide bonds. The van der Waals surface area contributed by atoms with Crippen molar-refractivity contribution in [3.8, 4) is 0 Å². The molecule has 98 valence electrons. The second kappa shape index (κ2) is 5.33. The van der Waals surface area contributed by atoms with Crippen molar-refractivity contribution in [3.63, 3.8) is 0 Å². The minimum Gasteiger partial charge on any atom is -0.467 e. The van der Waals surface area contributed by atoms with E-state index >= 15 is 0 Å². The van der Waals surface area contributed by atoms with Crippen molar-refractivity contribution in [3.05, 3.63) is 17.5 Å². The minimum atomic E-state index is -0.245. The van der Waals surface area contributed by atoms with Gasteiger partial charge in [0.15, 0.2) is 0 Å². The maximum Gasteiger partial charge on any atom is 0.328 e. The molecule has 0 bridgehead atoms. The Morgan fingerprint density at radius 2 is 2.00 bits per heavy atom. The molecule has 2 rings (SSSR count). The summed E-state index contributed by atoms with van der Waals surface area (Å²) < 4.78 is 4.87. The first-order chi connectivity index (χ1) is 8.61. The smallest absolute Gasteiger partial charge is 0.328 e. The summed E-state index contributed by atoms with van der Waals surface area (Å²) in [6.45, 7) is 4.69. The third-order valence-corrected chi connectivity index (χ3v) is 3.20. The molecule has 18 heavy (non-hydrogen) atoms. The van der Waals surface area contributed by atoms with Crippen LogP contribution in [-0.2, 0) is 9.53 Å². The summed E-state index contributed by atoms with van der Waals surface area (Å²) in [6.07, 6.45) is 2.91. The number of hydrogen-bond acceptors (Lipinski definition) is 5. The predicted octanol–water partition coefficient (Wildman–Crippen LogP) is 1.63. The van der Waals surface area contributed by atoms with E-state index in [1.807, 2.05) is 24.8 Å². The molecule has 1 unspecified atom stereocenters. The molecule has 0 radical (unpaired) electrons. The molecule has 0 spiro atoms. The Balaban J connectivity index is 2.30. The van der Waals surface area contributed by atoms with E-state index in [2.05, 4.69) is 9.97 Å². The summed E-state index contributed by atoms with van der Waals surface area (Å²) in [6, 6.07) is 1.69. The second-order valence-electron chi connectivity index (χ2n) is 4.68. The molecule has 0 aliphatic carbocycles.